The highest BCUT2D eigenvalue weighted by Crippen LogP contribution is 2.07. The van der Waals surface area contributed by atoms with Gasteiger partial charge in [-0.15, -0.1) is 0 Å². The molecule has 17 heavy (non-hydrogen) atoms. The second-order valence-corrected chi connectivity index (χ2v) is 3.35. The van der Waals surface area contributed by atoms with Crippen LogP contribution in [0.5, 0.6) is 0 Å². The van der Waals surface area contributed by atoms with Crippen LogP contribution in [-0.2, 0) is 14.3 Å². The molecule has 0 heterocycles. The molecule has 0 saturated carbocycles. The third-order valence-corrected chi connectivity index (χ3v) is 1.94. The summed E-state index contributed by atoms with van der Waals surface area (Å²) >= 11 is 0. The lowest BCUT2D eigenvalue weighted by molar-refractivity contribution is -0.150. The summed E-state index contributed by atoms with van der Waals surface area (Å²) in [7, 11) is 0. The average molecular weight is 241 g/mol. The molecule has 92 valence electrons. The first-order valence-electron chi connectivity index (χ1n) is 4.89. The van der Waals surface area contributed by atoms with Gasteiger partial charge in [0, 0.05) is 5.69 Å². The molecule has 1 atom stereocenters. The number of hydrogen-bond donors (Lipinski definition) is 2. The smallest absolute Gasteiger partial charge is 0.332 e. The Morgan fingerprint density at radius 1 is 1.41 bits per heavy atom. The van der Waals surface area contributed by atoms with E-state index in [0.717, 1.165) is 0 Å². The maximum absolute atomic E-state index is 12.6. The molecule has 5 nitrogen and oxygen atoms in total. The Balaban J connectivity index is 2.39. The van der Waals surface area contributed by atoms with Gasteiger partial charge in [0.15, 0.2) is 6.10 Å². The minimum absolute atomic E-state index is 0.370. The Labute approximate surface area is 97.2 Å². The lowest BCUT2D eigenvalue weighted by atomic mass is 10.3. The average Bonchev–Trinajstić information content (AvgIpc) is 2.29. The number of aliphatic carboxylic acids is 1. The second kappa shape index (κ2) is 5.95. The topological polar surface area (TPSA) is 75.6 Å². The van der Waals surface area contributed by atoms with Crippen LogP contribution < -0.4 is 5.32 Å². The number of carbonyl (C=O) groups excluding carboxylic acids is 1. The van der Waals surface area contributed by atoms with E-state index in [-0.39, 0.29) is 6.61 Å². The zero-order chi connectivity index (χ0) is 12.8. The number of carboxylic acids is 1. The largest absolute Gasteiger partial charge is 0.479 e. The summed E-state index contributed by atoms with van der Waals surface area (Å²) in [6, 6.07) is 5.20. The Kier molecular flexibility index (Phi) is 4.59. The van der Waals surface area contributed by atoms with Crippen molar-refractivity contribution in [2.24, 2.45) is 0 Å². The number of ether oxygens (including phenoxy) is 1. The summed E-state index contributed by atoms with van der Waals surface area (Å²) < 4.78 is 17.3. The van der Waals surface area contributed by atoms with Crippen LogP contribution in [0.3, 0.4) is 0 Å². The van der Waals surface area contributed by atoms with Crippen LogP contribution in [0.25, 0.3) is 0 Å². The predicted molar refractivity (Wildman–Crippen MR) is 58.1 cm³/mol. The third kappa shape index (κ3) is 4.60. The van der Waals surface area contributed by atoms with Gasteiger partial charge >= 0.3 is 5.97 Å². The third-order valence-electron chi connectivity index (χ3n) is 1.94. The maximum atomic E-state index is 12.6. The Bertz CT molecular complexity index is 404. The van der Waals surface area contributed by atoms with E-state index in [9.17, 15) is 14.0 Å². The summed E-state index contributed by atoms with van der Waals surface area (Å²) in [4.78, 5) is 21.7. The molecule has 2 N–H and O–H groups in total. The van der Waals surface area contributed by atoms with Crippen molar-refractivity contribution >= 4 is 17.6 Å². The van der Waals surface area contributed by atoms with Gasteiger partial charge in [-0.1, -0.05) is 0 Å². The molecule has 0 bridgehead atoms. The van der Waals surface area contributed by atoms with E-state index in [4.69, 9.17) is 9.84 Å². The van der Waals surface area contributed by atoms with E-state index in [2.05, 4.69) is 5.32 Å². The molecular formula is C11H12FNO4. The normalized spacial score (nSPS) is 11.9. The molecule has 0 fully saturated rings. The summed E-state index contributed by atoms with van der Waals surface area (Å²) in [5.41, 5.74) is 0.419. The maximum Gasteiger partial charge on any atom is 0.332 e. The van der Waals surface area contributed by atoms with Crippen molar-refractivity contribution in [1.82, 2.24) is 0 Å². The van der Waals surface area contributed by atoms with Crippen molar-refractivity contribution in [3.8, 4) is 0 Å². The monoisotopic (exact) mass is 241 g/mol. The van der Waals surface area contributed by atoms with Gasteiger partial charge in [0.1, 0.15) is 12.4 Å². The summed E-state index contributed by atoms with van der Waals surface area (Å²) in [5.74, 6) is -2.04. The van der Waals surface area contributed by atoms with Crippen LogP contribution in [0, 0.1) is 5.82 Å². The molecule has 0 unspecified atom stereocenters. The van der Waals surface area contributed by atoms with Gasteiger partial charge in [0.25, 0.3) is 0 Å². The van der Waals surface area contributed by atoms with Crippen molar-refractivity contribution in [2.75, 3.05) is 11.9 Å². The number of carbonyl (C=O) groups is 2. The first-order chi connectivity index (χ1) is 7.99. The van der Waals surface area contributed by atoms with Gasteiger partial charge in [-0.25, -0.2) is 9.18 Å². The number of amides is 1. The summed E-state index contributed by atoms with van der Waals surface area (Å²) in [5, 5.41) is 11.0. The molecule has 6 heteroatoms. The number of benzene rings is 1. The highest BCUT2D eigenvalue weighted by atomic mass is 19.1. The van der Waals surface area contributed by atoms with Crippen LogP contribution in [0.2, 0.25) is 0 Å². The van der Waals surface area contributed by atoms with Crippen LogP contribution in [0.1, 0.15) is 6.92 Å². The summed E-state index contributed by atoms with van der Waals surface area (Å²) in [6.07, 6.45) is -1.05. The molecule has 1 rings (SSSR count). The fourth-order valence-electron chi connectivity index (χ4n) is 1.00. The fraction of sp³-hybridized carbons (Fsp3) is 0.273. The van der Waals surface area contributed by atoms with Gasteiger partial charge in [-0.3, -0.25) is 4.79 Å². The van der Waals surface area contributed by atoms with Crippen LogP contribution in [0.15, 0.2) is 24.3 Å². The van der Waals surface area contributed by atoms with Gasteiger partial charge in [-0.05, 0) is 31.2 Å². The molecule has 0 aliphatic rings. The van der Waals surface area contributed by atoms with Crippen LogP contribution in [0.4, 0.5) is 10.1 Å². The quantitative estimate of drug-likeness (QED) is 0.813. The predicted octanol–water partition coefficient (Wildman–Crippen LogP) is 1.25. The van der Waals surface area contributed by atoms with Crippen molar-refractivity contribution in [3.05, 3.63) is 30.1 Å². The molecule has 1 aromatic rings. The minimum Gasteiger partial charge on any atom is -0.479 e. The van der Waals surface area contributed by atoms with E-state index in [1.54, 1.807) is 0 Å². The van der Waals surface area contributed by atoms with E-state index in [1.165, 1.54) is 31.2 Å². The number of carboxylic acid groups (broad SMARTS) is 1. The number of hydrogen-bond acceptors (Lipinski definition) is 3. The van der Waals surface area contributed by atoms with E-state index < -0.39 is 23.8 Å². The zero-order valence-corrected chi connectivity index (χ0v) is 9.14. The standard InChI is InChI=1S/C11H12FNO4/c1-7(11(15)16)17-6-10(14)13-9-4-2-8(12)3-5-9/h2-5,7H,6H2,1H3,(H,13,14)(H,15,16)/t7-/m0/s1. The number of nitrogens with one attached hydrogen (secondary N) is 1. The number of rotatable bonds is 5. The molecule has 1 aromatic carbocycles. The van der Waals surface area contributed by atoms with Crippen LogP contribution >= 0.6 is 0 Å². The van der Waals surface area contributed by atoms with Crippen molar-refractivity contribution in [2.45, 2.75) is 13.0 Å². The van der Waals surface area contributed by atoms with Gasteiger partial charge in [0.05, 0.1) is 0 Å². The highest BCUT2D eigenvalue weighted by molar-refractivity contribution is 5.91. The van der Waals surface area contributed by atoms with Crippen molar-refractivity contribution in [1.29, 1.82) is 0 Å². The minimum atomic E-state index is -1.14. The number of anilines is 1. The molecule has 0 spiro atoms. The molecule has 0 aromatic heterocycles. The van der Waals surface area contributed by atoms with Gasteiger partial charge in [0.2, 0.25) is 5.91 Å². The Morgan fingerprint density at radius 2 is 2.00 bits per heavy atom. The second-order valence-electron chi connectivity index (χ2n) is 3.35. The Hall–Kier alpha value is -1.95. The molecular weight excluding hydrogens is 229 g/mol. The highest BCUT2D eigenvalue weighted by Gasteiger charge is 2.13. The Morgan fingerprint density at radius 3 is 2.53 bits per heavy atom. The molecule has 0 aliphatic heterocycles. The lowest BCUT2D eigenvalue weighted by Gasteiger charge is -2.08. The molecule has 0 saturated heterocycles. The van der Waals surface area contributed by atoms with Crippen LogP contribution in [-0.4, -0.2) is 29.7 Å². The molecule has 0 radical (unpaired) electrons. The van der Waals surface area contributed by atoms with Gasteiger partial charge in [-0.2, -0.15) is 0 Å². The van der Waals surface area contributed by atoms with E-state index in [1.807, 2.05) is 0 Å². The first-order valence-corrected chi connectivity index (χ1v) is 4.89. The summed E-state index contributed by atoms with van der Waals surface area (Å²) in [6.45, 7) is 0.957. The first kappa shape index (κ1) is 13.1. The van der Waals surface area contributed by atoms with E-state index in [0.29, 0.717) is 5.69 Å². The lowest BCUT2D eigenvalue weighted by Crippen LogP contribution is -2.26. The molecule has 1 amide bonds. The van der Waals surface area contributed by atoms with Gasteiger partial charge < -0.3 is 15.2 Å². The zero-order valence-electron chi connectivity index (χ0n) is 9.14. The fourth-order valence-corrected chi connectivity index (χ4v) is 1.00. The SMILES string of the molecule is C[C@H](OCC(=O)Nc1ccc(F)cc1)C(=O)O. The van der Waals surface area contributed by atoms with Crippen molar-refractivity contribution < 1.29 is 23.8 Å². The van der Waals surface area contributed by atoms with E-state index >= 15 is 0 Å². The van der Waals surface area contributed by atoms with Crippen molar-refractivity contribution in [3.63, 3.8) is 0 Å². The number of halogens is 1. The molecule has 0 aliphatic carbocycles.